The summed E-state index contributed by atoms with van der Waals surface area (Å²) in [7, 11) is 0. The molecule has 0 aliphatic carbocycles. The third-order valence-electron chi connectivity index (χ3n) is 1.43. The molecule has 1 heterocycles. The molecule has 1 aromatic heterocycles. The number of aliphatic hydroxyl groups is 1. The number of nitrogens with two attached hydrogens (primary N) is 1. The van der Waals surface area contributed by atoms with E-state index in [0.717, 1.165) is 12.3 Å². The number of hydrogen-bond donors (Lipinski definition) is 2. The summed E-state index contributed by atoms with van der Waals surface area (Å²) in [6, 6.07) is 0.483. The SMILES string of the molecule is N[C@@H](CO)c1cc(F)cnc1Cl. The lowest BCUT2D eigenvalue weighted by atomic mass is 10.1. The van der Waals surface area contributed by atoms with Crippen molar-refractivity contribution in [1.29, 1.82) is 0 Å². The fourth-order valence-corrected chi connectivity index (χ4v) is 1.04. The Morgan fingerprint density at radius 1 is 1.75 bits per heavy atom. The minimum atomic E-state index is -0.680. The molecule has 0 aromatic carbocycles. The van der Waals surface area contributed by atoms with Gasteiger partial charge in [-0.05, 0) is 6.07 Å². The number of nitrogens with zero attached hydrogens (tertiary/aromatic N) is 1. The number of halogens is 2. The average Bonchev–Trinajstić information content (AvgIpc) is 2.08. The summed E-state index contributed by atoms with van der Waals surface area (Å²) in [5.74, 6) is -0.515. The van der Waals surface area contributed by atoms with Crippen molar-refractivity contribution in [3.8, 4) is 0 Å². The molecule has 1 rings (SSSR count). The Morgan fingerprint density at radius 3 is 3.00 bits per heavy atom. The Hall–Kier alpha value is -0.710. The lowest BCUT2D eigenvalue weighted by Crippen LogP contribution is -2.15. The van der Waals surface area contributed by atoms with Gasteiger partial charge in [0.15, 0.2) is 0 Å². The zero-order valence-corrected chi connectivity index (χ0v) is 6.92. The summed E-state index contributed by atoms with van der Waals surface area (Å²) in [4.78, 5) is 3.55. The van der Waals surface area contributed by atoms with Crippen molar-refractivity contribution in [3.05, 3.63) is 28.8 Å². The molecule has 0 spiro atoms. The third-order valence-corrected chi connectivity index (χ3v) is 1.74. The van der Waals surface area contributed by atoms with Crippen molar-refractivity contribution in [3.63, 3.8) is 0 Å². The van der Waals surface area contributed by atoms with E-state index >= 15 is 0 Å². The van der Waals surface area contributed by atoms with Crippen molar-refractivity contribution < 1.29 is 9.50 Å². The van der Waals surface area contributed by atoms with Crippen LogP contribution in [0.15, 0.2) is 12.3 Å². The van der Waals surface area contributed by atoms with E-state index in [1.54, 1.807) is 0 Å². The molecule has 0 saturated heterocycles. The standard InChI is InChI=1S/C7H8ClFN2O/c8-7-5(6(10)3-12)1-4(9)2-11-7/h1-2,6,12H,3,10H2/t6-/m0/s1. The highest BCUT2D eigenvalue weighted by Gasteiger charge is 2.10. The molecule has 0 aliphatic heterocycles. The van der Waals surface area contributed by atoms with Gasteiger partial charge in [-0.3, -0.25) is 0 Å². The number of hydrogen-bond acceptors (Lipinski definition) is 3. The number of aliphatic hydroxyl groups excluding tert-OH is 1. The maximum absolute atomic E-state index is 12.6. The van der Waals surface area contributed by atoms with E-state index in [2.05, 4.69) is 4.98 Å². The topological polar surface area (TPSA) is 59.1 Å². The van der Waals surface area contributed by atoms with E-state index in [-0.39, 0.29) is 11.8 Å². The van der Waals surface area contributed by atoms with Crippen molar-refractivity contribution in [2.24, 2.45) is 5.73 Å². The summed E-state index contributed by atoms with van der Waals surface area (Å²) in [6.45, 7) is -0.287. The largest absolute Gasteiger partial charge is 0.394 e. The summed E-state index contributed by atoms with van der Waals surface area (Å²) in [6.07, 6.45) is 0.996. The summed E-state index contributed by atoms with van der Waals surface area (Å²) in [5.41, 5.74) is 5.74. The molecule has 0 fully saturated rings. The van der Waals surface area contributed by atoms with Gasteiger partial charge in [0.2, 0.25) is 0 Å². The molecule has 0 radical (unpaired) electrons. The normalized spacial score (nSPS) is 13.0. The monoisotopic (exact) mass is 190 g/mol. The molecule has 0 aliphatic rings. The van der Waals surface area contributed by atoms with Crippen molar-refractivity contribution in [2.45, 2.75) is 6.04 Å². The minimum Gasteiger partial charge on any atom is -0.394 e. The summed E-state index contributed by atoms with van der Waals surface area (Å²) < 4.78 is 12.6. The molecule has 1 atom stereocenters. The Kier molecular flexibility index (Phi) is 2.97. The van der Waals surface area contributed by atoms with Crippen LogP contribution in [-0.2, 0) is 0 Å². The van der Waals surface area contributed by atoms with Crippen molar-refractivity contribution in [1.82, 2.24) is 4.98 Å². The Bertz CT molecular complexity index is 282. The van der Waals surface area contributed by atoms with Gasteiger partial charge in [0.05, 0.1) is 18.8 Å². The van der Waals surface area contributed by atoms with E-state index in [0.29, 0.717) is 5.56 Å². The molecule has 3 N–H and O–H groups in total. The number of pyridine rings is 1. The molecular formula is C7H8ClFN2O. The van der Waals surface area contributed by atoms with Crippen LogP contribution in [0.25, 0.3) is 0 Å². The molecule has 66 valence electrons. The van der Waals surface area contributed by atoms with Crippen LogP contribution in [-0.4, -0.2) is 16.7 Å². The predicted octanol–water partition coefficient (Wildman–Crippen LogP) is 0.866. The Morgan fingerprint density at radius 2 is 2.42 bits per heavy atom. The van der Waals surface area contributed by atoms with E-state index in [9.17, 15) is 4.39 Å². The first-order valence-corrected chi connectivity index (χ1v) is 3.70. The van der Waals surface area contributed by atoms with E-state index < -0.39 is 11.9 Å². The predicted molar refractivity (Wildman–Crippen MR) is 43.2 cm³/mol. The maximum Gasteiger partial charge on any atom is 0.141 e. The van der Waals surface area contributed by atoms with Gasteiger partial charge in [-0.15, -0.1) is 0 Å². The molecule has 0 amide bonds. The van der Waals surface area contributed by atoms with Gasteiger partial charge in [-0.2, -0.15) is 0 Å². The quantitative estimate of drug-likeness (QED) is 0.681. The van der Waals surface area contributed by atoms with E-state index in [1.807, 2.05) is 0 Å². The van der Waals surface area contributed by atoms with Gasteiger partial charge >= 0.3 is 0 Å². The number of aromatic nitrogens is 1. The molecule has 0 unspecified atom stereocenters. The highest BCUT2D eigenvalue weighted by Crippen LogP contribution is 2.19. The molecule has 0 saturated carbocycles. The van der Waals surface area contributed by atoms with Crippen molar-refractivity contribution >= 4 is 11.6 Å². The van der Waals surface area contributed by atoms with Crippen molar-refractivity contribution in [2.75, 3.05) is 6.61 Å². The lowest BCUT2D eigenvalue weighted by Gasteiger charge is -2.08. The molecule has 1 aromatic rings. The lowest BCUT2D eigenvalue weighted by molar-refractivity contribution is 0.267. The molecular weight excluding hydrogens is 183 g/mol. The second-order valence-electron chi connectivity index (χ2n) is 2.32. The van der Waals surface area contributed by atoms with Gasteiger partial charge in [0.25, 0.3) is 0 Å². The second kappa shape index (κ2) is 3.80. The van der Waals surface area contributed by atoms with Crippen LogP contribution in [0.4, 0.5) is 4.39 Å². The minimum absolute atomic E-state index is 0.123. The van der Waals surface area contributed by atoms with Crippen LogP contribution in [0, 0.1) is 5.82 Å². The molecule has 5 heteroatoms. The van der Waals surface area contributed by atoms with Gasteiger partial charge in [0, 0.05) is 5.56 Å². The Labute approximate surface area is 74.0 Å². The smallest absolute Gasteiger partial charge is 0.141 e. The average molecular weight is 191 g/mol. The van der Waals surface area contributed by atoms with Crippen LogP contribution in [0.5, 0.6) is 0 Å². The molecule has 3 nitrogen and oxygen atoms in total. The highest BCUT2D eigenvalue weighted by molar-refractivity contribution is 6.30. The van der Waals surface area contributed by atoms with Gasteiger partial charge in [-0.1, -0.05) is 11.6 Å². The van der Waals surface area contributed by atoms with Crippen LogP contribution in [0.1, 0.15) is 11.6 Å². The maximum atomic E-state index is 12.6. The van der Waals surface area contributed by atoms with Crippen LogP contribution in [0.3, 0.4) is 0 Å². The Balaban J connectivity index is 3.04. The van der Waals surface area contributed by atoms with Gasteiger partial charge < -0.3 is 10.8 Å². The van der Waals surface area contributed by atoms with E-state index in [4.69, 9.17) is 22.4 Å². The van der Waals surface area contributed by atoms with Crippen LogP contribution in [0.2, 0.25) is 5.15 Å². The fraction of sp³-hybridized carbons (Fsp3) is 0.286. The van der Waals surface area contributed by atoms with Gasteiger partial charge in [0.1, 0.15) is 11.0 Å². The van der Waals surface area contributed by atoms with Gasteiger partial charge in [-0.25, -0.2) is 9.37 Å². The first-order valence-electron chi connectivity index (χ1n) is 3.32. The van der Waals surface area contributed by atoms with Crippen LogP contribution < -0.4 is 5.73 Å². The number of rotatable bonds is 2. The second-order valence-corrected chi connectivity index (χ2v) is 2.68. The first-order chi connectivity index (χ1) is 5.65. The summed E-state index contributed by atoms with van der Waals surface area (Å²) in [5, 5.41) is 8.79. The van der Waals surface area contributed by atoms with Crippen LogP contribution >= 0.6 is 11.6 Å². The van der Waals surface area contributed by atoms with E-state index in [1.165, 1.54) is 0 Å². The first kappa shape index (κ1) is 9.38. The molecule has 0 bridgehead atoms. The zero-order chi connectivity index (χ0) is 9.14. The third kappa shape index (κ3) is 1.91. The molecule has 12 heavy (non-hydrogen) atoms. The summed E-state index contributed by atoms with van der Waals surface area (Å²) >= 11 is 5.60. The highest BCUT2D eigenvalue weighted by atomic mass is 35.5. The zero-order valence-electron chi connectivity index (χ0n) is 6.17. The fourth-order valence-electron chi connectivity index (χ4n) is 0.797.